The predicted octanol–water partition coefficient (Wildman–Crippen LogP) is 7.39. The van der Waals surface area contributed by atoms with Gasteiger partial charge in [-0.3, -0.25) is 14.4 Å². The van der Waals surface area contributed by atoms with Gasteiger partial charge < -0.3 is 15.4 Å². The zero-order valence-corrected chi connectivity index (χ0v) is 23.6. The first-order valence-electron chi connectivity index (χ1n) is 12.1. The second kappa shape index (κ2) is 13.8. The molecule has 0 saturated carbocycles. The largest absolute Gasteiger partial charge is 0.497 e. The number of anilines is 1. The van der Waals surface area contributed by atoms with Gasteiger partial charge in [-0.2, -0.15) is 0 Å². The van der Waals surface area contributed by atoms with Crippen molar-refractivity contribution in [3.63, 3.8) is 0 Å². The number of Topliss-reactive ketones (excluding diaryl/α,β-unsaturated/α-hetero) is 1. The molecule has 0 heterocycles. The molecule has 6 nitrogen and oxygen atoms in total. The van der Waals surface area contributed by atoms with Gasteiger partial charge in [-0.25, -0.2) is 0 Å². The Kier molecular flexibility index (Phi) is 10.0. The van der Waals surface area contributed by atoms with E-state index in [-0.39, 0.29) is 17.2 Å². The summed E-state index contributed by atoms with van der Waals surface area (Å²) < 4.78 is 5.19. The average molecular weight is 592 g/mol. The summed E-state index contributed by atoms with van der Waals surface area (Å²) in [6.45, 7) is 0. The van der Waals surface area contributed by atoms with Crippen LogP contribution in [0.15, 0.2) is 108 Å². The van der Waals surface area contributed by atoms with Gasteiger partial charge in [0.1, 0.15) is 11.4 Å². The summed E-state index contributed by atoms with van der Waals surface area (Å²) in [4.78, 5) is 39.4. The quantitative estimate of drug-likeness (QED) is 0.114. The van der Waals surface area contributed by atoms with Gasteiger partial charge in [-0.05, 0) is 78.4 Å². The van der Waals surface area contributed by atoms with Crippen LogP contribution in [0.3, 0.4) is 0 Å². The fraction of sp³-hybridized carbons (Fsp3) is 0.0645. The van der Waals surface area contributed by atoms with Crippen LogP contribution >= 0.6 is 35.0 Å². The molecular weight excluding hydrogens is 567 g/mol. The Morgan fingerprint density at radius 1 is 0.825 bits per heavy atom. The molecular formula is C31H24Cl2N2O4S. The Bertz CT molecular complexity index is 1540. The highest BCUT2D eigenvalue weighted by Crippen LogP contribution is 2.25. The van der Waals surface area contributed by atoms with Gasteiger partial charge in [0.25, 0.3) is 11.8 Å². The molecule has 0 aliphatic carbocycles. The van der Waals surface area contributed by atoms with E-state index in [9.17, 15) is 14.4 Å². The smallest absolute Gasteiger partial charge is 0.272 e. The third-order valence-corrected chi connectivity index (χ3v) is 7.43. The van der Waals surface area contributed by atoms with Crippen molar-refractivity contribution in [2.75, 3.05) is 18.2 Å². The lowest BCUT2D eigenvalue weighted by atomic mass is 10.1. The van der Waals surface area contributed by atoms with E-state index in [1.54, 1.807) is 104 Å². The Hall–Kier alpha value is -4.04. The summed E-state index contributed by atoms with van der Waals surface area (Å²) in [6, 6.07) is 27.6. The molecule has 0 aliphatic rings. The molecule has 9 heteroatoms. The fourth-order valence-electron chi connectivity index (χ4n) is 3.54. The van der Waals surface area contributed by atoms with E-state index in [1.165, 1.54) is 11.8 Å². The van der Waals surface area contributed by atoms with Crippen molar-refractivity contribution in [1.82, 2.24) is 5.32 Å². The van der Waals surface area contributed by atoms with Gasteiger partial charge in [-0.15, -0.1) is 11.8 Å². The van der Waals surface area contributed by atoms with Crippen LogP contribution < -0.4 is 15.4 Å². The Morgan fingerprint density at radius 2 is 1.52 bits per heavy atom. The molecule has 0 atom stereocenters. The normalized spacial score (nSPS) is 11.0. The molecule has 4 aromatic carbocycles. The molecule has 0 unspecified atom stereocenters. The van der Waals surface area contributed by atoms with Crippen LogP contribution in [-0.2, 0) is 4.79 Å². The summed E-state index contributed by atoms with van der Waals surface area (Å²) in [6.07, 6.45) is 1.59. The molecule has 40 heavy (non-hydrogen) atoms. The van der Waals surface area contributed by atoms with E-state index in [2.05, 4.69) is 10.6 Å². The minimum atomic E-state index is -0.490. The van der Waals surface area contributed by atoms with E-state index < -0.39 is 11.8 Å². The second-order valence-corrected chi connectivity index (χ2v) is 10.3. The number of thioether (sulfide) groups is 1. The van der Waals surface area contributed by atoms with Crippen LogP contribution in [-0.4, -0.2) is 30.5 Å². The number of amides is 2. The SMILES string of the molecule is COc1ccc(/C=C(\NC(=O)c2ccccc2)C(=O)Nc2ccc(SCC(=O)c3ccc(Cl)c(Cl)c3)cc2)cc1. The fourth-order valence-corrected chi connectivity index (χ4v) is 4.63. The van der Waals surface area contributed by atoms with E-state index in [0.29, 0.717) is 38.2 Å². The molecule has 0 spiro atoms. The third-order valence-electron chi connectivity index (χ3n) is 5.68. The minimum absolute atomic E-state index is 0.0738. The number of halogens is 2. The van der Waals surface area contributed by atoms with Crippen molar-refractivity contribution in [1.29, 1.82) is 0 Å². The van der Waals surface area contributed by atoms with Gasteiger partial charge in [-0.1, -0.05) is 53.5 Å². The molecule has 0 aromatic heterocycles. The lowest BCUT2D eigenvalue weighted by Gasteiger charge is -2.12. The number of benzene rings is 4. The minimum Gasteiger partial charge on any atom is -0.497 e. The Morgan fingerprint density at radius 3 is 2.17 bits per heavy atom. The predicted molar refractivity (Wildman–Crippen MR) is 161 cm³/mol. The molecule has 2 amide bonds. The van der Waals surface area contributed by atoms with E-state index in [4.69, 9.17) is 27.9 Å². The lowest BCUT2D eigenvalue weighted by molar-refractivity contribution is -0.113. The monoisotopic (exact) mass is 590 g/mol. The van der Waals surface area contributed by atoms with E-state index >= 15 is 0 Å². The summed E-state index contributed by atoms with van der Waals surface area (Å²) in [7, 11) is 1.57. The number of hydrogen-bond acceptors (Lipinski definition) is 5. The zero-order valence-electron chi connectivity index (χ0n) is 21.3. The number of methoxy groups -OCH3 is 1. The molecule has 0 radical (unpaired) electrons. The first-order chi connectivity index (χ1) is 19.3. The summed E-state index contributed by atoms with van der Waals surface area (Å²) >= 11 is 13.3. The standard InChI is InChI=1S/C31H24Cl2N2O4S/c1-39-24-12-7-20(8-13-24)17-28(35-30(37)21-5-3-2-4-6-21)31(38)34-23-10-14-25(15-11-23)40-19-29(36)22-9-16-26(32)27(33)18-22/h2-18H,19H2,1H3,(H,34,38)(H,35,37)/b28-17-. The van der Waals surface area contributed by atoms with Crippen molar-refractivity contribution in [2.24, 2.45) is 0 Å². The topological polar surface area (TPSA) is 84.5 Å². The third kappa shape index (κ3) is 7.99. The van der Waals surface area contributed by atoms with Gasteiger partial charge in [0.05, 0.1) is 22.9 Å². The Balaban J connectivity index is 1.44. The first kappa shape index (κ1) is 29.0. The summed E-state index contributed by atoms with van der Waals surface area (Å²) in [5.41, 5.74) is 2.22. The highest BCUT2D eigenvalue weighted by Gasteiger charge is 2.15. The highest BCUT2D eigenvalue weighted by atomic mass is 35.5. The zero-order chi connectivity index (χ0) is 28.5. The van der Waals surface area contributed by atoms with Crippen LogP contribution in [0.4, 0.5) is 5.69 Å². The number of nitrogens with one attached hydrogen (secondary N) is 2. The van der Waals surface area contributed by atoms with E-state index in [1.807, 2.05) is 6.07 Å². The number of ether oxygens (including phenoxy) is 1. The number of carbonyl (C=O) groups is 3. The van der Waals surface area contributed by atoms with Crippen molar-refractivity contribution >= 4 is 64.3 Å². The maximum Gasteiger partial charge on any atom is 0.272 e. The number of rotatable bonds is 10. The molecule has 4 rings (SSSR count). The number of carbonyl (C=O) groups excluding carboxylic acids is 3. The molecule has 202 valence electrons. The first-order valence-corrected chi connectivity index (χ1v) is 13.8. The molecule has 0 aliphatic heterocycles. The maximum absolute atomic E-state index is 13.2. The van der Waals surface area contributed by atoms with Crippen LogP contribution in [0.1, 0.15) is 26.3 Å². The summed E-state index contributed by atoms with van der Waals surface area (Å²) in [5, 5.41) is 6.26. The summed E-state index contributed by atoms with van der Waals surface area (Å²) in [5.74, 6) is -0.0927. The van der Waals surface area contributed by atoms with Gasteiger partial charge in [0.2, 0.25) is 0 Å². The van der Waals surface area contributed by atoms with Crippen molar-refractivity contribution in [3.8, 4) is 5.75 Å². The Labute approximate surface area is 246 Å². The van der Waals surface area contributed by atoms with Crippen LogP contribution in [0, 0.1) is 0 Å². The maximum atomic E-state index is 13.2. The van der Waals surface area contributed by atoms with Crippen LogP contribution in [0.25, 0.3) is 6.08 Å². The van der Waals surface area contributed by atoms with Crippen molar-refractivity contribution < 1.29 is 19.1 Å². The van der Waals surface area contributed by atoms with Crippen molar-refractivity contribution in [3.05, 3.63) is 129 Å². The highest BCUT2D eigenvalue weighted by molar-refractivity contribution is 8.00. The molecule has 0 bridgehead atoms. The molecule has 0 saturated heterocycles. The lowest BCUT2D eigenvalue weighted by Crippen LogP contribution is -2.30. The van der Waals surface area contributed by atoms with E-state index in [0.717, 1.165) is 4.90 Å². The van der Waals surface area contributed by atoms with Gasteiger partial charge >= 0.3 is 0 Å². The van der Waals surface area contributed by atoms with Crippen molar-refractivity contribution in [2.45, 2.75) is 4.90 Å². The number of ketones is 1. The van der Waals surface area contributed by atoms with Gasteiger partial charge in [0, 0.05) is 21.7 Å². The van der Waals surface area contributed by atoms with Crippen LogP contribution in [0.5, 0.6) is 5.75 Å². The second-order valence-electron chi connectivity index (χ2n) is 8.47. The molecule has 4 aromatic rings. The average Bonchev–Trinajstić information content (AvgIpc) is 2.98. The van der Waals surface area contributed by atoms with Gasteiger partial charge in [0.15, 0.2) is 5.78 Å². The molecule has 0 fully saturated rings. The molecule has 2 N–H and O–H groups in total. The van der Waals surface area contributed by atoms with Crippen LogP contribution in [0.2, 0.25) is 10.0 Å². The number of hydrogen-bond donors (Lipinski definition) is 2.